The molecular weight excluding hydrogens is 638 g/mol. The van der Waals surface area contributed by atoms with Gasteiger partial charge >= 0.3 is 18.1 Å². The molecule has 0 spiro atoms. The number of aliphatic carboxylic acids is 1. The fourth-order valence-electron chi connectivity index (χ4n) is 4.51. The maximum absolute atomic E-state index is 13.4. The van der Waals surface area contributed by atoms with Crippen molar-refractivity contribution in [2.45, 2.75) is 31.7 Å². The standard InChI is InChI=1S/C30H28Cl2F3N5O5/c31-21-7-6-19(14-22(21)32)15-23(27(42)38-24(28(43)44)17-45-16-18-4-2-1-3-5-18)37-26(41)20-9-12-40(13-10-20)29-36-11-8-25(39-29)30(33,34)35/h1-8,11,14-15,20,24H,9-10,12-13,16-17H2,(H,37,41)(H,38,42)(H,43,44)/p+1/b23-15+/t24-/m1/s1. The summed E-state index contributed by atoms with van der Waals surface area (Å²) in [5, 5.41) is 13.8. The van der Waals surface area contributed by atoms with Crippen LogP contribution in [0.1, 0.15) is 29.7 Å². The van der Waals surface area contributed by atoms with Gasteiger partial charge in [-0.2, -0.15) is 13.2 Å². The summed E-state index contributed by atoms with van der Waals surface area (Å²) in [4.78, 5) is 47.7. The Kier molecular flexibility index (Phi) is 11.5. The van der Waals surface area contributed by atoms with E-state index in [0.717, 1.165) is 23.1 Å². The highest BCUT2D eigenvalue weighted by atomic mass is 35.5. The van der Waals surface area contributed by atoms with Gasteiger partial charge in [0.1, 0.15) is 18.0 Å². The average molecular weight is 667 g/mol. The minimum Gasteiger partial charge on any atom is -0.477 e. The Labute approximate surface area is 266 Å². The molecule has 1 aliphatic heterocycles. The van der Waals surface area contributed by atoms with Gasteiger partial charge in [-0.3, -0.25) is 10.1 Å². The summed E-state index contributed by atoms with van der Waals surface area (Å²) in [5.41, 5.74) is -0.0167. The molecule has 1 saturated heterocycles. The molecule has 10 nitrogen and oxygen atoms in total. The molecule has 0 unspecified atom stereocenters. The summed E-state index contributed by atoms with van der Waals surface area (Å²) in [6.45, 7) is 0.246. The molecule has 1 aromatic heterocycles. The van der Waals surface area contributed by atoms with Gasteiger partial charge in [0.25, 0.3) is 0 Å². The number of alkyl halides is 3. The monoisotopic (exact) mass is 666 g/mol. The smallest absolute Gasteiger partial charge is 0.433 e. The number of rotatable bonds is 11. The van der Waals surface area contributed by atoms with E-state index >= 15 is 0 Å². The molecule has 2 aromatic carbocycles. The lowest BCUT2D eigenvalue weighted by atomic mass is 9.96. The van der Waals surface area contributed by atoms with Crippen molar-refractivity contribution >= 4 is 53.0 Å². The molecule has 4 rings (SSSR count). The Balaban J connectivity index is 1.45. The van der Waals surface area contributed by atoms with E-state index in [-0.39, 0.29) is 60.8 Å². The molecule has 2 amide bonds. The van der Waals surface area contributed by atoms with Crippen LogP contribution in [-0.2, 0) is 31.9 Å². The van der Waals surface area contributed by atoms with Gasteiger partial charge in [-0.15, -0.1) is 0 Å². The number of aromatic nitrogens is 2. The van der Waals surface area contributed by atoms with Crippen LogP contribution < -0.4 is 15.5 Å². The zero-order valence-electron chi connectivity index (χ0n) is 23.6. The van der Waals surface area contributed by atoms with Crippen molar-refractivity contribution < 1.29 is 42.7 Å². The summed E-state index contributed by atoms with van der Waals surface area (Å²) in [5.74, 6) is -3.26. The molecule has 4 N–H and O–H groups in total. The average Bonchev–Trinajstić information content (AvgIpc) is 3.02. The van der Waals surface area contributed by atoms with E-state index in [1.165, 1.54) is 18.2 Å². The number of carbonyl (C=O) groups is 3. The summed E-state index contributed by atoms with van der Waals surface area (Å²) in [6.07, 6.45) is -1.75. The summed E-state index contributed by atoms with van der Waals surface area (Å²) in [6, 6.07) is 13.1. The topological polar surface area (TPSA) is 138 Å². The number of piperidine rings is 1. The second kappa shape index (κ2) is 15.3. The van der Waals surface area contributed by atoms with Gasteiger partial charge < -0.3 is 20.1 Å². The molecule has 0 bridgehead atoms. The number of hydrogen-bond acceptors (Lipinski definition) is 7. The zero-order chi connectivity index (χ0) is 32.6. The number of quaternary nitrogens is 1. The second-order valence-corrected chi connectivity index (χ2v) is 11.0. The van der Waals surface area contributed by atoms with Crippen molar-refractivity contribution in [2.75, 3.05) is 24.6 Å². The first kappa shape index (κ1) is 33.8. The number of anilines is 1. The van der Waals surface area contributed by atoms with Crippen molar-refractivity contribution in [3.8, 4) is 0 Å². The molecule has 2 heterocycles. The van der Waals surface area contributed by atoms with E-state index in [2.05, 4.69) is 15.3 Å². The first-order valence-corrected chi connectivity index (χ1v) is 14.5. The highest BCUT2D eigenvalue weighted by Gasteiger charge is 2.35. The third-order valence-corrected chi connectivity index (χ3v) is 7.68. The molecule has 15 heteroatoms. The highest BCUT2D eigenvalue weighted by molar-refractivity contribution is 6.42. The van der Waals surface area contributed by atoms with E-state index in [1.807, 2.05) is 30.3 Å². The van der Waals surface area contributed by atoms with Crippen LogP contribution in [0.2, 0.25) is 10.0 Å². The van der Waals surface area contributed by atoms with E-state index in [4.69, 9.17) is 27.9 Å². The van der Waals surface area contributed by atoms with Gasteiger partial charge in [-0.25, -0.2) is 19.6 Å². The van der Waals surface area contributed by atoms with E-state index in [1.54, 1.807) is 11.0 Å². The van der Waals surface area contributed by atoms with Crippen LogP contribution in [0.3, 0.4) is 0 Å². The molecule has 0 radical (unpaired) electrons. The Hall–Kier alpha value is -4.04. The summed E-state index contributed by atoms with van der Waals surface area (Å²) in [7, 11) is 0. The quantitative estimate of drug-likeness (QED) is 0.262. The number of hydrogen-bond donors (Lipinski definition) is 3. The predicted octanol–water partition coefficient (Wildman–Crippen LogP) is 3.94. The Morgan fingerprint density at radius 2 is 1.80 bits per heavy atom. The third-order valence-electron chi connectivity index (χ3n) is 6.94. The van der Waals surface area contributed by atoms with Gasteiger partial charge in [0.2, 0.25) is 17.9 Å². The van der Waals surface area contributed by atoms with Crippen LogP contribution in [0, 0.1) is 5.92 Å². The van der Waals surface area contributed by atoms with Crippen molar-refractivity contribution in [3.05, 3.63) is 93.4 Å². The maximum atomic E-state index is 13.4. The lowest BCUT2D eigenvalue weighted by Gasteiger charge is -2.31. The van der Waals surface area contributed by atoms with Gasteiger partial charge in [-0.05, 0) is 48.2 Å². The highest BCUT2D eigenvalue weighted by Crippen LogP contribution is 2.29. The first-order chi connectivity index (χ1) is 21.4. The van der Waals surface area contributed by atoms with Crippen molar-refractivity contribution in [2.24, 2.45) is 5.92 Å². The Bertz CT molecular complexity index is 1550. The fraction of sp³-hybridized carbons (Fsp3) is 0.300. The van der Waals surface area contributed by atoms with Crippen LogP contribution in [0.25, 0.3) is 6.08 Å². The molecular formula is C30H29Cl2F3N5O5+. The van der Waals surface area contributed by atoms with E-state index in [0.29, 0.717) is 5.56 Å². The lowest BCUT2D eigenvalue weighted by molar-refractivity contribution is -0.594. The van der Waals surface area contributed by atoms with E-state index in [9.17, 15) is 32.7 Å². The molecule has 1 fully saturated rings. The van der Waals surface area contributed by atoms with Crippen LogP contribution in [0.15, 0.2) is 66.5 Å². The van der Waals surface area contributed by atoms with Gasteiger partial charge in [-0.1, -0.05) is 59.6 Å². The van der Waals surface area contributed by atoms with Crippen LogP contribution in [-0.4, -0.2) is 58.6 Å². The number of primary amides is 1. The molecule has 0 saturated carbocycles. The number of nitrogens with zero attached hydrogens (tertiary/aromatic N) is 3. The molecule has 1 aliphatic rings. The normalized spacial score (nSPS) is 15.0. The number of halogens is 5. The number of ether oxygens (including phenoxy) is 1. The van der Waals surface area contributed by atoms with Crippen molar-refractivity contribution in [3.63, 3.8) is 0 Å². The number of carbonyl (C=O) groups excluding carboxylic acids is 2. The van der Waals surface area contributed by atoms with Crippen molar-refractivity contribution in [1.29, 1.82) is 0 Å². The number of amides is 2. The number of nitrogens with two attached hydrogens (primary N) is 1. The number of benzene rings is 2. The lowest BCUT2D eigenvalue weighted by Crippen LogP contribution is -2.96. The van der Waals surface area contributed by atoms with Crippen molar-refractivity contribution in [1.82, 2.24) is 15.3 Å². The maximum Gasteiger partial charge on any atom is 0.433 e. The molecule has 238 valence electrons. The summed E-state index contributed by atoms with van der Waals surface area (Å²) >= 11 is 12.1. The number of nitrogens with one attached hydrogen (secondary N) is 1. The second-order valence-electron chi connectivity index (χ2n) is 10.2. The van der Waals surface area contributed by atoms with Crippen LogP contribution in [0.4, 0.5) is 19.1 Å². The predicted molar refractivity (Wildman–Crippen MR) is 159 cm³/mol. The minimum atomic E-state index is -4.62. The van der Waals surface area contributed by atoms with Crippen LogP contribution >= 0.6 is 23.2 Å². The summed E-state index contributed by atoms with van der Waals surface area (Å²) < 4.78 is 44.8. The number of carboxylic acids is 1. The molecule has 45 heavy (non-hydrogen) atoms. The first-order valence-electron chi connectivity index (χ1n) is 13.8. The fourth-order valence-corrected chi connectivity index (χ4v) is 4.82. The SMILES string of the molecule is O=C([NH2+][C@H](COCc1ccccc1)C(=O)O)/C(=C\c1ccc(Cl)c(Cl)c1)NC(=O)C1CCN(c2nccc(C(F)(F)F)n2)CC1. The largest absolute Gasteiger partial charge is 0.477 e. The molecule has 3 aromatic rings. The Morgan fingerprint density at radius 1 is 1.09 bits per heavy atom. The van der Waals surface area contributed by atoms with Gasteiger partial charge in [0.05, 0.1) is 16.7 Å². The van der Waals surface area contributed by atoms with E-state index < -0.39 is 41.6 Å². The minimum absolute atomic E-state index is 0.0946. The molecule has 0 aliphatic carbocycles. The zero-order valence-corrected chi connectivity index (χ0v) is 25.1. The van der Waals surface area contributed by atoms with Crippen LogP contribution in [0.5, 0.6) is 0 Å². The van der Waals surface area contributed by atoms with Gasteiger partial charge in [0, 0.05) is 25.2 Å². The third kappa shape index (κ3) is 9.72. The number of carboxylic acid groups (broad SMARTS) is 1. The van der Waals surface area contributed by atoms with Gasteiger partial charge in [0.15, 0.2) is 0 Å². The molecule has 1 atom stereocenters. The Morgan fingerprint density at radius 3 is 2.44 bits per heavy atom.